The van der Waals surface area contributed by atoms with Crippen LogP contribution in [0, 0.1) is 11.8 Å². The van der Waals surface area contributed by atoms with Crippen molar-refractivity contribution < 1.29 is 5.11 Å². The van der Waals surface area contributed by atoms with E-state index in [0.29, 0.717) is 6.04 Å². The smallest absolute Gasteiger partial charge is 0.102 e. The Balaban J connectivity index is 2.26. The lowest BCUT2D eigenvalue weighted by Gasteiger charge is -2.18. The second kappa shape index (κ2) is 3.55. The van der Waals surface area contributed by atoms with Gasteiger partial charge < -0.3 is 5.11 Å². The molecular formula is C9H19NO. The molecule has 4 atom stereocenters. The van der Waals surface area contributed by atoms with Gasteiger partial charge in [0.05, 0.1) is 0 Å². The zero-order valence-electron chi connectivity index (χ0n) is 7.67. The van der Waals surface area contributed by atoms with Gasteiger partial charge in [-0.1, -0.05) is 13.8 Å². The maximum atomic E-state index is 9.11. The highest BCUT2D eigenvalue weighted by molar-refractivity contribution is 4.91. The van der Waals surface area contributed by atoms with Crippen LogP contribution in [-0.4, -0.2) is 17.4 Å². The molecule has 1 fully saturated rings. The summed E-state index contributed by atoms with van der Waals surface area (Å²) < 4.78 is 0. The first kappa shape index (κ1) is 9.01. The van der Waals surface area contributed by atoms with Gasteiger partial charge in [-0.3, -0.25) is 5.32 Å². The Labute approximate surface area is 69.0 Å². The van der Waals surface area contributed by atoms with Crippen LogP contribution in [0.1, 0.15) is 33.6 Å². The van der Waals surface area contributed by atoms with Gasteiger partial charge in [-0.05, 0) is 31.6 Å². The predicted octanol–water partition coefficient (Wildman–Crippen LogP) is 1.35. The highest BCUT2D eigenvalue weighted by Crippen LogP contribution is 2.41. The number of nitrogens with one attached hydrogen (secondary N) is 1. The second-order valence-corrected chi connectivity index (χ2v) is 3.73. The molecule has 0 saturated heterocycles. The van der Waals surface area contributed by atoms with E-state index in [1.54, 1.807) is 6.92 Å². The third kappa shape index (κ3) is 2.46. The van der Waals surface area contributed by atoms with Crippen molar-refractivity contribution in [3.63, 3.8) is 0 Å². The highest BCUT2D eigenvalue weighted by atomic mass is 16.3. The molecule has 4 unspecified atom stereocenters. The van der Waals surface area contributed by atoms with Gasteiger partial charge in [0.15, 0.2) is 0 Å². The van der Waals surface area contributed by atoms with Crippen molar-refractivity contribution in [2.45, 2.75) is 45.9 Å². The molecule has 1 aliphatic rings. The lowest BCUT2D eigenvalue weighted by molar-refractivity contribution is 0.133. The molecule has 11 heavy (non-hydrogen) atoms. The van der Waals surface area contributed by atoms with E-state index in [9.17, 15) is 0 Å². The van der Waals surface area contributed by atoms with E-state index in [-0.39, 0.29) is 6.23 Å². The lowest BCUT2D eigenvalue weighted by atomic mass is 10.1. The summed E-state index contributed by atoms with van der Waals surface area (Å²) >= 11 is 0. The van der Waals surface area contributed by atoms with Gasteiger partial charge in [0.25, 0.3) is 0 Å². The molecule has 0 spiro atoms. The summed E-state index contributed by atoms with van der Waals surface area (Å²) in [6.07, 6.45) is 2.10. The van der Waals surface area contributed by atoms with Crippen LogP contribution in [-0.2, 0) is 0 Å². The lowest BCUT2D eigenvalue weighted by Crippen LogP contribution is -2.37. The normalized spacial score (nSPS) is 34.9. The Bertz CT molecular complexity index is 125. The van der Waals surface area contributed by atoms with E-state index in [2.05, 4.69) is 19.2 Å². The predicted molar refractivity (Wildman–Crippen MR) is 46.2 cm³/mol. The van der Waals surface area contributed by atoms with E-state index < -0.39 is 0 Å². The molecule has 1 saturated carbocycles. The average molecular weight is 157 g/mol. The van der Waals surface area contributed by atoms with Gasteiger partial charge in [0.1, 0.15) is 6.23 Å². The monoisotopic (exact) mass is 157 g/mol. The average Bonchev–Trinajstić information content (AvgIpc) is 2.61. The summed E-state index contributed by atoms with van der Waals surface area (Å²) in [6.45, 7) is 6.23. The molecule has 0 heterocycles. The largest absolute Gasteiger partial charge is 0.379 e. The fraction of sp³-hybridized carbons (Fsp3) is 1.00. The van der Waals surface area contributed by atoms with Crippen molar-refractivity contribution in [3.05, 3.63) is 0 Å². The first-order valence-corrected chi connectivity index (χ1v) is 4.59. The van der Waals surface area contributed by atoms with Gasteiger partial charge in [0, 0.05) is 6.04 Å². The van der Waals surface area contributed by atoms with Gasteiger partial charge >= 0.3 is 0 Å². The van der Waals surface area contributed by atoms with E-state index in [1.165, 1.54) is 6.42 Å². The quantitative estimate of drug-likeness (QED) is 0.604. The van der Waals surface area contributed by atoms with Crippen LogP contribution in [0.25, 0.3) is 0 Å². The van der Waals surface area contributed by atoms with Gasteiger partial charge in [-0.25, -0.2) is 0 Å². The van der Waals surface area contributed by atoms with Gasteiger partial charge in [-0.15, -0.1) is 0 Å². The Hall–Kier alpha value is -0.0800. The van der Waals surface area contributed by atoms with Crippen LogP contribution in [0.15, 0.2) is 0 Å². The molecule has 2 heteroatoms. The van der Waals surface area contributed by atoms with Gasteiger partial charge in [-0.2, -0.15) is 0 Å². The number of aliphatic hydroxyl groups excluding tert-OH is 1. The zero-order valence-corrected chi connectivity index (χ0v) is 7.67. The molecule has 0 radical (unpaired) electrons. The van der Waals surface area contributed by atoms with Crippen molar-refractivity contribution in [2.75, 3.05) is 0 Å². The van der Waals surface area contributed by atoms with E-state index in [4.69, 9.17) is 5.11 Å². The van der Waals surface area contributed by atoms with Crippen LogP contribution in [0.2, 0.25) is 0 Å². The SMILES string of the molecule is CCC(NC(C)O)C1CC1C. The van der Waals surface area contributed by atoms with E-state index in [1.807, 2.05) is 0 Å². The summed E-state index contributed by atoms with van der Waals surface area (Å²) in [4.78, 5) is 0. The van der Waals surface area contributed by atoms with Crippen molar-refractivity contribution in [1.82, 2.24) is 5.32 Å². The van der Waals surface area contributed by atoms with Crippen LogP contribution < -0.4 is 5.32 Å². The molecule has 0 amide bonds. The van der Waals surface area contributed by atoms with E-state index in [0.717, 1.165) is 18.3 Å². The summed E-state index contributed by atoms with van der Waals surface area (Å²) in [5.41, 5.74) is 0. The maximum absolute atomic E-state index is 9.11. The van der Waals surface area contributed by atoms with Gasteiger partial charge in [0.2, 0.25) is 0 Å². The fourth-order valence-electron chi connectivity index (χ4n) is 1.77. The third-order valence-electron chi connectivity index (χ3n) is 2.58. The second-order valence-electron chi connectivity index (χ2n) is 3.73. The first-order valence-electron chi connectivity index (χ1n) is 4.59. The minimum absolute atomic E-state index is 0.354. The molecule has 66 valence electrons. The Morgan fingerprint density at radius 2 is 2.18 bits per heavy atom. The number of aliphatic hydroxyl groups is 1. The summed E-state index contributed by atoms with van der Waals surface area (Å²) in [7, 11) is 0. The summed E-state index contributed by atoms with van der Waals surface area (Å²) in [5, 5.41) is 12.3. The van der Waals surface area contributed by atoms with Crippen molar-refractivity contribution in [2.24, 2.45) is 11.8 Å². The standard InChI is InChI=1S/C9H19NO/c1-4-9(10-7(3)11)8-5-6(8)2/h6-11H,4-5H2,1-3H3. The zero-order chi connectivity index (χ0) is 8.43. The molecular weight excluding hydrogens is 138 g/mol. The summed E-state index contributed by atoms with van der Waals surface area (Å²) in [6, 6.07) is 0.532. The molecule has 1 aliphatic carbocycles. The molecule has 1 rings (SSSR count). The topological polar surface area (TPSA) is 32.3 Å². The minimum atomic E-state index is -0.354. The molecule has 0 aliphatic heterocycles. The van der Waals surface area contributed by atoms with Crippen LogP contribution in [0.4, 0.5) is 0 Å². The third-order valence-corrected chi connectivity index (χ3v) is 2.58. The number of hydrogen-bond acceptors (Lipinski definition) is 2. The molecule has 0 aromatic rings. The molecule has 0 bridgehead atoms. The maximum Gasteiger partial charge on any atom is 0.102 e. The minimum Gasteiger partial charge on any atom is -0.379 e. The highest BCUT2D eigenvalue weighted by Gasteiger charge is 2.38. The molecule has 2 nitrogen and oxygen atoms in total. The molecule has 0 aromatic carbocycles. The summed E-state index contributed by atoms with van der Waals surface area (Å²) in [5.74, 6) is 1.68. The number of rotatable bonds is 4. The molecule has 0 aromatic heterocycles. The Morgan fingerprint density at radius 3 is 2.45 bits per heavy atom. The van der Waals surface area contributed by atoms with Crippen molar-refractivity contribution in [3.8, 4) is 0 Å². The fourth-order valence-corrected chi connectivity index (χ4v) is 1.77. The van der Waals surface area contributed by atoms with Crippen LogP contribution in [0.5, 0.6) is 0 Å². The first-order chi connectivity index (χ1) is 5.15. The Kier molecular flexibility index (Phi) is 2.90. The molecule has 2 N–H and O–H groups in total. The van der Waals surface area contributed by atoms with Crippen LogP contribution >= 0.6 is 0 Å². The van der Waals surface area contributed by atoms with Crippen LogP contribution in [0.3, 0.4) is 0 Å². The number of hydrogen-bond donors (Lipinski definition) is 2. The Morgan fingerprint density at radius 1 is 1.64 bits per heavy atom. The van der Waals surface area contributed by atoms with E-state index >= 15 is 0 Å². The van der Waals surface area contributed by atoms with Crippen molar-refractivity contribution in [1.29, 1.82) is 0 Å². The van der Waals surface area contributed by atoms with Crippen molar-refractivity contribution >= 4 is 0 Å².